The monoisotopic (exact) mass is 390 g/mol. The van der Waals surface area contributed by atoms with Gasteiger partial charge in [0.1, 0.15) is 5.82 Å². The van der Waals surface area contributed by atoms with Gasteiger partial charge in [-0.05, 0) is 38.0 Å². The van der Waals surface area contributed by atoms with Crippen LogP contribution in [-0.4, -0.2) is 78.4 Å². The molecule has 3 rings (SSSR count). The van der Waals surface area contributed by atoms with Crippen LogP contribution in [0.15, 0.2) is 24.3 Å². The summed E-state index contributed by atoms with van der Waals surface area (Å²) in [5.74, 6) is -0.278. The topological polar surface area (TPSA) is 55.9 Å². The molecule has 0 aliphatic carbocycles. The van der Waals surface area contributed by atoms with Gasteiger partial charge in [0, 0.05) is 45.0 Å². The van der Waals surface area contributed by atoms with Crippen molar-refractivity contribution in [2.75, 3.05) is 51.1 Å². The molecule has 2 amide bonds. The van der Waals surface area contributed by atoms with Gasteiger partial charge in [0.15, 0.2) is 0 Å². The van der Waals surface area contributed by atoms with Gasteiger partial charge in [0.05, 0.1) is 12.6 Å². The van der Waals surface area contributed by atoms with Gasteiger partial charge in [0.2, 0.25) is 11.8 Å². The summed E-state index contributed by atoms with van der Waals surface area (Å²) in [6.07, 6.45) is 4.66. The molecular formula is C21H31FN4O2. The second-order valence-electron chi connectivity index (χ2n) is 7.78. The number of nitrogens with zero attached hydrogens (tertiary/aromatic N) is 3. The van der Waals surface area contributed by atoms with E-state index in [1.807, 2.05) is 11.8 Å². The number of carbonyl (C=O) groups is 2. The van der Waals surface area contributed by atoms with Crippen molar-refractivity contribution in [1.82, 2.24) is 14.7 Å². The third kappa shape index (κ3) is 5.75. The van der Waals surface area contributed by atoms with Gasteiger partial charge in [-0.25, -0.2) is 4.39 Å². The van der Waals surface area contributed by atoms with Crippen LogP contribution >= 0.6 is 0 Å². The lowest BCUT2D eigenvalue weighted by molar-refractivity contribution is -0.133. The number of amides is 2. The third-order valence-electron chi connectivity index (χ3n) is 5.74. The molecule has 0 bridgehead atoms. The molecule has 0 aromatic heterocycles. The van der Waals surface area contributed by atoms with E-state index in [4.69, 9.17) is 0 Å². The largest absolute Gasteiger partial charge is 0.342 e. The quantitative estimate of drug-likeness (QED) is 0.837. The molecule has 154 valence electrons. The predicted octanol–water partition coefficient (Wildman–Crippen LogP) is 2.17. The highest BCUT2D eigenvalue weighted by Crippen LogP contribution is 2.14. The molecule has 0 unspecified atom stereocenters. The zero-order valence-electron chi connectivity index (χ0n) is 16.7. The molecule has 2 fully saturated rings. The fraction of sp³-hybridized carbons (Fsp3) is 0.619. The van der Waals surface area contributed by atoms with Crippen molar-refractivity contribution in [1.29, 1.82) is 0 Å². The highest BCUT2D eigenvalue weighted by atomic mass is 19.1. The number of piperazine rings is 1. The van der Waals surface area contributed by atoms with Crippen molar-refractivity contribution in [3.8, 4) is 0 Å². The van der Waals surface area contributed by atoms with E-state index in [1.54, 1.807) is 12.1 Å². The first-order valence-corrected chi connectivity index (χ1v) is 10.3. The molecule has 0 radical (unpaired) electrons. The SMILES string of the molecule is C[C@H](C(=O)Nc1cccc(F)c1)N1CCN(CC(=O)N2CCCCCC2)CC1. The van der Waals surface area contributed by atoms with Crippen LogP contribution in [0.1, 0.15) is 32.6 Å². The fourth-order valence-corrected chi connectivity index (χ4v) is 3.90. The number of nitrogens with one attached hydrogen (secondary N) is 1. The summed E-state index contributed by atoms with van der Waals surface area (Å²) >= 11 is 0. The number of halogens is 1. The Balaban J connectivity index is 1.43. The average Bonchev–Trinajstić information content (AvgIpc) is 2.97. The van der Waals surface area contributed by atoms with E-state index in [0.29, 0.717) is 12.2 Å². The summed E-state index contributed by atoms with van der Waals surface area (Å²) in [4.78, 5) is 31.3. The molecule has 2 heterocycles. The maximum absolute atomic E-state index is 13.3. The molecule has 7 heteroatoms. The summed E-state index contributed by atoms with van der Waals surface area (Å²) in [6.45, 7) is 7.14. The summed E-state index contributed by atoms with van der Waals surface area (Å²) in [6, 6.07) is 5.63. The van der Waals surface area contributed by atoms with E-state index in [9.17, 15) is 14.0 Å². The highest BCUT2D eigenvalue weighted by Gasteiger charge is 2.27. The molecule has 2 saturated heterocycles. The molecule has 6 nitrogen and oxygen atoms in total. The minimum atomic E-state index is -0.367. The van der Waals surface area contributed by atoms with E-state index in [2.05, 4.69) is 15.1 Å². The van der Waals surface area contributed by atoms with Crippen molar-refractivity contribution in [2.45, 2.75) is 38.6 Å². The Labute approximate surface area is 166 Å². The van der Waals surface area contributed by atoms with Crippen molar-refractivity contribution in [3.63, 3.8) is 0 Å². The minimum absolute atomic E-state index is 0.139. The zero-order valence-corrected chi connectivity index (χ0v) is 16.7. The number of likely N-dealkylation sites (tertiary alicyclic amines) is 1. The fourth-order valence-electron chi connectivity index (χ4n) is 3.90. The van der Waals surface area contributed by atoms with E-state index in [1.165, 1.54) is 25.0 Å². The maximum atomic E-state index is 13.3. The predicted molar refractivity (Wildman–Crippen MR) is 108 cm³/mol. The molecule has 2 aliphatic rings. The van der Waals surface area contributed by atoms with Crippen LogP contribution in [0.25, 0.3) is 0 Å². The number of carbonyl (C=O) groups excluding carboxylic acids is 2. The molecule has 1 atom stereocenters. The van der Waals surface area contributed by atoms with Crippen molar-refractivity contribution in [2.24, 2.45) is 0 Å². The molecule has 0 spiro atoms. The Hall–Kier alpha value is -1.99. The summed E-state index contributed by atoms with van der Waals surface area (Å²) < 4.78 is 13.3. The number of anilines is 1. The van der Waals surface area contributed by atoms with Crippen molar-refractivity contribution in [3.05, 3.63) is 30.1 Å². The van der Waals surface area contributed by atoms with E-state index in [-0.39, 0.29) is 23.7 Å². The lowest BCUT2D eigenvalue weighted by Gasteiger charge is -2.37. The van der Waals surface area contributed by atoms with Gasteiger partial charge in [-0.3, -0.25) is 19.4 Å². The van der Waals surface area contributed by atoms with Crippen LogP contribution in [-0.2, 0) is 9.59 Å². The first kappa shape index (κ1) is 20.7. The highest BCUT2D eigenvalue weighted by molar-refractivity contribution is 5.94. The Morgan fingerprint density at radius 1 is 1.04 bits per heavy atom. The molecule has 1 N–H and O–H groups in total. The average molecular weight is 391 g/mol. The summed E-state index contributed by atoms with van der Waals surface area (Å²) in [5.41, 5.74) is 0.471. The van der Waals surface area contributed by atoms with Gasteiger partial charge >= 0.3 is 0 Å². The van der Waals surface area contributed by atoms with Crippen LogP contribution < -0.4 is 5.32 Å². The van der Waals surface area contributed by atoms with E-state index < -0.39 is 0 Å². The second kappa shape index (κ2) is 9.98. The van der Waals surface area contributed by atoms with Crippen LogP contribution in [0, 0.1) is 5.82 Å². The molecular weight excluding hydrogens is 359 g/mol. The third-order valence-corrected chi connectivity index (χ3v) is 5.74. The van der Waals surface area contributed by atoms with Crippen LogP contribution in [0.3, 0.4) is 0 Å². The van der Waals surface area contributed by atoms with Gasteiger partial charge in [-0.1, -0.05) is 18.9 Å². The second-order valence-corrected chi connectivity index (χ2v) is 7.78. The van der Waals surface area contributed by atoms with E-state index >= 15 is 0 Å². The number of benzene rings is 1. The number of hydrogen-bond donors (Lipinski definition) is 1. The first-order valence-electron chi connectivity index (χ1n) is 10.3. The number of rotatable bonds is 5. The van der Waals surface area contributed by atoms with Crippen molar-refractivity contribution < 1.29 is 14.0 Å². The summed E-state index contributed by atoms with van der Waals surface area (Å²) in [5, 5.41) is 2.78. The molecule has 1 aromatic carbocycles. The lowest BCUT2D eigenvalue weighted by Crippen LogP contribution is -2.54. The Morgan fingerprint density at radius 2 is 1.71 bits per heavy atom. The molecule has 0 saturated carbocycles. The van der Waals surface area contributed by atoms with E-state index in [0.717, 1.165) is 52.1 Å². The van der Waals surface area contributed by atoms with Crippen LogP contribution in [0.5, 0.6) is 0 Å². The van der Waals surface area contributed by atoms with Crippen LogP contribution in [0.4, 0.5) is 10.1 Å². The summed E-state index contributed by atoms with van der Waals surface area (Å²) in [7, 11) is 0. The van der Waals surface area contributed by atoms with Gasteiger partial charge in [0.25, 0.3) is 0 Å². The lowest BCUT2D eigenvalue weighted by atomic mass is 10.2. The van der Waals surface area contributed by atoms with Crippen molar-refractivity contribution >= 4 is 17.5 Å². The smallest absolute Gasteiger partial charge is 0.241 e. The molecule has 28 heavy (non-hydrogen) atoms. The van der Waals surface area contributed by atoms with Gasteiger partial charge < -0.3 is 10.2 Å². The van der Waals surface area contributed by atoms with Crippen LogP contribution in [0.2, 0.25) is 0 Å². The molecule has 1 aromatic rings. The Morgan fingerprint density at radius 3 is 2.36 bits per heavy atom. The first-order chi connectivity index (χ1) is 13.5. The zero-order chi connectivity index (χ0) is 19.9. The number of hydrogen-bond acceptors (Lipinski definition) is 4. The standard InChI is InChI=1S/C21H31FN4O2/c1-17(21(28)23-19-8-6-7-18(22)15-19)25-13-11-24(12-14-25)16-20(27)26-9-4-2-3-5-10-26/h6-8,15,17H,2-5,9-14,16H2,1H3,(H,23,28)/t17-/m1/s1. The van der Waals surface area contributed by atoms with Gasteiger partial charge in [-0.2, -0.15) is 0 Å². The molecule has 2 aliphatic heterocycles. The normalized spacial score (nSPS) is 20.4. The maximum Gasteiger partial charge on any atom is 0.241 e. The minimum Gasteiger partial charge on any atom is -0.342 e. The Bertz CT molecular complexity index is 668. The van der Waals surface area contributed by atoms with Gasteiger partial charge in [-0.15, -0.1) is 0 Å². The Kier molecular flexibility index (Phi) is 7.39.